The summed E-state index contributed by atoms with van der Waals surface area (Å²) in [7, 11) is 0. The summed E-state index contributed by atoms with van der Waals surface area (Å²) in [6, 6.07) is 2.00. The van der Waals surface area contributed by atoms with Crippen molar-refractivity contribution < 1.29 is 9.68 Å². The number of hydrogen-bond donors (Lipinski definition) is 0. The second-order valence-electron chi connectivity index (χ2n) is 9.03. The fourth-order valence-electron chi connectivity index (χ4n) is 3.88. The molecule has 0 radical (unpaired) electrons. The number of rotatable bonds is 6. The molecule has 2 heterocycles. The van der Waals surface area contributed by atoms with Crippen LogP contribution in [0.4, 0.5) is 0 Å². The first kappa shape index (κ1) is 72.3. The number of nitrogens with zero attached hydrogens (tertiary/aromatic N) is 3. The monoisotopic (exact) mass is 610 g/mol. The fourth-order valence-corrected chi connectivity index (χ4v) is 3.88. The molecule has 264 valence electrons. The Balaban J connectivity index is -0.0000000331. The number of hydrogen-bond acceptors (Lipinski definition) is 5. The van der Waals surface area contributed by atoms with Gasteiger partial charge in [-0.15, -0.1) is 0 Å². The number of allylic oxidation sites excluding steroid dienone is 2. The maximum absolute atomic E-state index is 8.81. The average Bonchev–Trinajstić information content (AvgIpc) is 3.29. The summed E-state index contributed by atoms with van der Waals surface area (Å²) in [6.45, 7) is 25.1. The van der Waals surface area contributed by atoms with E-state index >= 15 is 0 Å². The highest BCUT2D eigenvalue weighted by Gasteiger charge is 2.41. The van der Waals surface area contributed by atoms with Crippen LogP contribution < -0.4 is 0 Å². The van der Waals surface area contributed by atoms with Crippen LogP contribution >= 0.6 is 0 Å². The Bertz CT molecular complexity index is 687. The lowest BCUT2D eigenvalue weighted by Gasteiger charge is -2.26. The smallest absolute Gasteiger partial charge is 0.294 e. The van der Waals surface area contributed by atoms with E-state index in [1.807, 2.05) is 6.07 Å². The van der Waals surface area contributed by atoms with Gasteiger partial charge in [0.2, 0.25) is 0 Å². The summed E-state index contributed by atoms with van der Waals surface area (Å²) in [5.41, 5.74) is 3.96. The van der Waals surface area contributed by atoms with Crippen LogP contribution in [0.5, 0.6) is 0 Å². The zero-order valence-corrected chi connectivity index (χ0v) is 23.5. The lowest BCUT2D eigenvalue weighted by molar-refractivity contribution is -0.0332. The Kier molecular flexibility index (Phi) is 67.1. The molecule has 0 spiro atoms. The van der Waals surface area contributed by atoms with Gasteiger partial charge in [0.1, 0.15) is 11.7 Å². The second kappa shape index (κ2) is 39.0. The summed E-state index contributed by atoms with van der Waals surface area (Å²) in [4.78, 5) is 10.7. The highest BCUT2D eigenvalue weighted by Crippen LogP contribution is 2.36. The third-order valence-electron chi connectivity index (χ3n) is 6.91. The molecule has 0 aromatic carbocycles. The molecule has 0 saturated carbocycles. The molecule has 0 N–H and O–H groups in total. The molecule has 0 bridgehead atoms. The molecule has 0 aromatic rings. The maximum atomic E-state index is 8.81. The first-order valence-corrected chi connectivity index (χ1v) is 12.6. The minimum Gasteiger partial charge on any atom is -0.498 e. The summed E-state index contributed by atoms with van der Waals surface area (Å²) in [6.07, 6.45) is 9.26. The average molecular weight is 610 g/mol. The zero-order valence-electron chi connectivity index (χ0n) is 23.5. The molecule has 2 aliphatic heterocycles. The Morgan fingerprint density at radius 1 is 0.857 bits per heavy atom. The molecule has 0 saturated heterocycles. The summed E-state index contributed by atoms with van der Waals surface area (Å²) >= 11 is 0. The van der Waals surface area contributed by atoms with E-state index in [-0.39, 0.29) is 77.9 Å². The Morgan fingerprint density at radius 2 is 1.31 bits per heavy atom. The van der Waals surface area contributed by atoms with E-state index in [0.29, 0.717) is 12.0 Å². The van der Waals surface area contributed by atoms with Crippen molar-refractivity contribution in [1.29, 1.82) is 0 Å². The van der Waals surface area contributed by atoms with Gasteiger partial charge in [0, 0.05) is 16.3 Å². The van der Waals surface area contributed by atoms with E-state index in [1.165, 1.54) is 25.3 Å². The van der Waals surface area contributed by atoms with Gasteiger partial charge in [0.15, 0.2) is 0 Å². The van der Waals surface area contributed by atoms with Crippen LogP contribution in [0.2, 0.25) is 0 Å². The minimum atomic E-state index is -0.0289. The van der Waals surface area contributed by atoms with Gasteiger partial charge in [-0.2, -0.15) is 0 Å². The molecule has 0 aliphatic carbocycles. The van der Waals surface area contributed by atoms with Gasteiger partial charge in [0.05, 0.1) is 18.3 Å². The maximum Gasteiger partial charge on any atom is 0.294 e. The summed E-state index contributed by atoms with van der Waals surface area (Å²) in [5.74, 6) is 0.521. The van der Waals surface area contributed by atoms with Crippen LogP contribution in [0.25, 0.3) is 5.01 Å². The molecule has 0 aromatic heterocycles. The van der Waals surface area contributed by atoms with Gasteiger partial charge < -0.3 is 14.9 Å². The quantitative estimate of drug-likeness (QED) is 0.222. The van der Waals surface area contributed by atoms with E-state index in [1.54, 1.807) is 0 Å². The van der Waals surface area contributed by atoms with Crippen molar-refractivity contribution in [2.45, 2.75) is 200 Å². The van der Waals surface area contributed by atoms with Crippen molar-refractivity contribution in [2.75, 3.05) is 0 Å². The molecular weight excluding hydrogens is 522 g/mol. The molecule has 0 amide bonds. The van der Waals surface area contributed by atoms with E-state index in [9.17, 15) is 0 Å². The van der Waals surface area contributed by atoms with E-state index < -0.39 is 0 Å². The zero-order chi connectivity index (χ0) is 26.1. The van der Waals surface area contributed by atoms with Crippen LogP contribution in [0.3, 0.4) is 0 Å². The van der Waals surface area contributed by atoms with Gasteiger partial charge in [0.25, 0.3) is 6.07 Å². The SMILES string of the molecule is C.C.C.C.C.C.C.C.C.CC#[N+][O-].CC/C=C(/C)CC.CCC1C(C)=NOC1(C)CC.CCC1ON=C(C)C1(C)CC. The summed E-state index contributed by atoms with van der Waals surface area (Å²) in [5, 5.41) is 19.1. The highest BCUT2D eigenvalue weighted by molar-refractivity contribution is 5.88. The predicted octanol–water partition coefficient (Wildman–Crippen LogP) is 14.5. The molecule has 2 aliphatic rings. The molecule has 0 fully saturated rings. The van der Waals surface area contributed by atoms with Crippen molar-refractivity contribution in [3.05, 3.63) is 21.9 Å². The van der Waals surface area contributed by atoms with E-state index in [0.717, 1.165) is 37.1 Å². The standard InChI is InChI=1S/2C9H17NO.C7H14.C2H3NO.9CH4/c1-5-8-9(4,6-2)7(3)10-11-8;1-5-8-7(3)10-11-9(8,4)6-2;1-4-6-7(3)5-2;1-2-3-4;;;;;;;;;/h2*8H,5-6H2,1-4H3;6H,4-5H2,1-3H3;1H3;9*1H4/b;;7-6-;;;;;;;;;;. The third kappa shape index (κ3) is 23.5. The van der Waals surface area contributed by atoms with Crippen LogP contribution in [-0.2, 0) is 9.68 Å². The summed E-state index contributed by atoms with van der Waals surface area (Å²) < 4.78 is 0. The normalized spacial score (nSPS) is 21.6. The molecule has 4 unspecified atom stereocenters. The van der Waals surface area contributed by atoms with Crippen molar-refractivity contribution >= 4 is 11.4 Å². The largest absolute Gasteiger partial charge is 0.498 e. The lowest BCUT2D eigenvalue weighted by atomic mass is 9.77. The van der Waals surface area contributed by atoms with Gasteiger partial charge in [-0.1, -0.05) is 137 Å². The van der Waals surface area contributed by atoms with Crippen LogP contribution in [0.1, 0.15) is 188 Å². The molecule has 4 atom stereocenters. The minimum absolute atomic E-state index is 0. The molecule has 6 nitrogen and oxygen atoms in total. The van der Waals surface area contributed by atoms with Gasteiger partial charge in [-0.05, 0) is 66.2 Å². The van der Waals surface area contributed by atoms with Gasteiger partial charge >= 0.3 is 0 Å². The Labute approximate surface area is 270 Å². The van der Waals surface area contributed by atoms with Crippen LogP contribution in [-0.4, -0.2) is 23.1 Å². The molecular formula is C36H87N3O3. The van der Waals surface area contributed by atoms with Crippen molar-refractivity contribution in [2.24, 2.45) is 21.6 Å². The Hall–Kier alpha value is -2.03. The molecule has 42 heavy (non-hydrogen) atoms. The fraction of sp³-hybridized carbons (Fsp3) is 0.861. The lowest BCUT2D eigenvalue weighted by Crippen LogP contribution is -2.33. The molecule has 6 heteroatoms. The topological polar surface area (TPSA) is 70.6 Å². The third-order valence-corrected chi connectivity index (χ3v) is 6.91. The van der Waals surface area contributed by atoms with Crippen LogP contribution in [0, 0.1) is 22.6 Å². The van der Waals surface area contributed by atoms with Crippen LogP contribution in [0.15, 0.2) is 22.0 Å². The molecule has 2 rings (SSSR count). The predicted molar refractivity (Wildman–Crippen MR) is 205 cm³/mol. The van der Waals surface area contributed by atoms with Crippen molar-refractivity contribution in [3.8, 4) is 6.07 Å². The van der Waals surface area contributed by atoms with Gasteiger partial charge in [-0.3, -0.25) is 0 Å². The van der Waals surface area contributed by atoms with E-state index in [2.05, 4.69) is 97.6 Å². The van der Waals surface area contributed by atoms with Crippen molar-refractivity contribution in [3.63, 3.8) is 0 Å². The first-order chi connectivity index (χ1) is 15.5. The Morgan fingerprint density at radius 3 is 1.52 bits per heavy atom. The second-order valence-corrected chi connectivity index (χ2v) is 9.03. The first-order valence-electron chi connectivity index (χ1n) is 12.6. The highest BCUT2D eigenvalue weighted by atomic mass is 16.7. The number of oxime groups is 2. The van der Waals surface area contributed by atoms with Crippen molar-refractivity contribution in [1.82, 2.24) is 0 Å². The van der Waals surface area contributed by atoms with E-state index in [4.69, 9.17) is 14.9 Å². The van der Waals surface area contributed by atoms with Gasteiger partial charge in [-0.25, -0.2) is 0 Å².